The molecule has 256 valence electrons. The van der Waals surface area contributed by atoms with Gasteiger partial charge < -0.3 is 4.57 Å². The summed E-state index contributed by atoms with van der Waals surface area (Å²) in [5.41, 5.74) is 8.15. The van der Waals surface area contributed by atoms with E-state index in [1.165, 1.54) is 74.8 Å². The molecule has 3 nitrogen and oxygen atoms in total. The summed E-state index contributed by atoms with van der Waals surface area (Å²) in [6, 6.07) is 61.7. The molecular weight excluding hydrogens is 675 g/mol. The van der Waals surface area contributed by atoms with Crippen LogP contribution >= 0.6 is 11.3 Å². The zero-order valence-corrected chi connectivity index (χ0v) is 30.6. The summed E-state index contributed by atoms with van der Waals surface area (Å²) in [7, 11) is 0. The number of rotatable bonds is 5. The van der Waals surface area contributed by atoms with Crippen molar-refractivity contribution in [3.8, 4) is 5.69 Å². The predicted molar refractivity (Wildman–Crippen MR) is 231 cm³/mol. The molecule has 0 aliphatic carbocycles. The summed E-state index contributed by atoms with van der Waals surface area (Å²) in [5, 5.41) is 9.94. The van der Waals surface area contributed by atoms with E-state index in [1.807, 2.05) is 11.3 Å². The minimum Gasteiger partial charge on any atom is -0.308 e. The van der Waals surface area contributed by atoms with Crippen molar-refractivity contribution in [1.29, 1.82) is 0 Å². The monoisotopic (exact) mass is 709 g/mol. The molecule has 3 heterocycles. The zero-order valence-electron chi connectivity index (χ0n) is 29.8. The molecule has 0 amide bonds. The molecule has 0 fully saturated rings. The number of nitrogens with zero attached hydrogens (tertiary/aromatic N) is 3. The third-order valence-electron chi connectivity index (χ3n) is 11.4. The molecule has 2 aromatic heterocycles. The molecule has 8 aromatic carbocycles. The lowest BCUT2D eigenvalue weighted by atomic mass is 9.82. The van der Waals surface area contributed by atoms with Gasteiger partial charge in [0.1, 0.15) is 0 Å². The number of para-hydroxylation sites is 1. The van der Waals surface area contributed by atoms with Gasteiger partial charge in [0.15, 0.2) is 5.84 Å². The Morgan fingerprint density at radius 2 is 1.24 bits per heavy atom. The van der Waals surface area contributed by atoms with Crippen LogP contribution in [0.1, 0.15) is 36.1 Å². The first-order valence-electron chi connectivity index (χ1n) is 18.8. The fourth-order valence-electron chi connectivity index (χ4n) is 8.84. The zero-order chi connectivity index (χ0) is 35.8. The lowest BCUT2D eigenvalue weighted by Gasteiger charge is -2.30. The Labute approximate surface area is 317 Å². The Morgan fingerprint density at radius 3 is 2.07 bits per heavy atom. The van der Waals surface area contributed by atoms with E-state index in [0.29, 0.717) is 0 Å². The van der Waals surface area contributed by atoms with Crippen LogP contribution in [-0.2, 0) is 0 Å². The average Bonchev–Trinajstić information content (AvgIpc) is 3.77. The van der Waals surface area contributed by atoms with Gasteiger partial charge in [-0.2, -0.15) is 0 Å². The van der Waals surface area contributed by atoms with Crippen LogP contribution in [0.5, 0.6) is 0 Å². The molecule has 0 N–H and O–H groups in total. The van der Waals surface area contributed by atoms with Crippen molar-refractivity contribution in [2.45, 2.75) is 19.4 Å². The van der Waals surface area contributed by atoms with Crippen molar-refractivity contribution in [3.05, 3.63) is 187 Å². The molecule has 11 rings (SSSR count). The SMILES string of the molecule is CCC1C(c2ccccc2)=NC(c2cccc3ccccc23)=NC1c1cc(-n2c3ccccc3c3cc4ccccc4cc32)c2sc3ccccc3c2c1. The van der Waals surface area contributed by atoms with Crippen molar-refractivity contribution in [2.75, 3.05) is 0 Å². The topological polar surface area (TPSA) is 29.6 Å². The van der Waals surface area contributed by atoms with Crippen LogP contribution in [0, 0.1) is 5.92 Å². The molecule has 2 unspecified atom stereocenters. The highest BCUT2D eigenvalue weighted by Crippen LogP contribution is 2.45. The van der Waals surface area contributed by atoms with E-state index in [-0.39, 0.29) is 12.0 Å². The molecule has 10 aromatic rings. The molecule has 0 spiro atoms. The van der Waals surface area contributed by atoms with E-state index in [0.717, 1.165) is 29.1 Å². The Balaban J connectivity index is 1.23. The molecule has 0 bridgehead atoms. The van der Waals surface area contributed by atoms with Gasteiger partial charge in [0.05, 0.1) is 33.2 Å². The third kappa shape index (κ3) is 4.80. The van der Waals surface area contributed by atoms with Crippen LogP contribution in [0.4, 0.5) is 0 Å². The molecular formula is C50H35N3S. The molecule has 54 heavy (non-hydrogen) atoms. The second kappa shape index (κ2) is 12.4. The number of thiophene rings is 1. The van der Waals surface area contributed by atoms with E-state index in [2.05, 4.69) is 181 Å². The molecule has 2 atom stereocenters. The maximum absolute atomic E-state index is 5.68. The second-order valence-electron chi connectivity index (χ2n) is 14.4. The highest BCUT2D eigenvalue weighted by molar-refractivity contribution is 7.26. The second-order valence-corrected chi connectivity index (χ2v) is 15.4. The van der Waals surface area contributed by atoms with Gasteiger partial charge in [-0.25, -0.2) is 4.99 Å². The molecule has 0 radical (unpaired) electrons. The van der Waals surface area contributed by atoms with E-state index in [9.17, 15) is 0 Å². The number of fused-ring (bicyclic) bond motifs is 8. The van der Waals surface area contributed by atoms with E-state index < -0.39 is 0 Å². The smallest absolute Gasteiger partial charge is 0.156 e. The maximum Gasteiger partial charge on any atom is 0.156 e. The number of hydrogen-bond acceptors (Lipinski definition) is 3. The van der Waals surface area contributed by atoms with Crippen LogP contribution in [0.15, 0.2) is 180 Å². The Hall–Kier alpha value is -6.36. The Kier molecular flexibility index (Phi) is 7.14. The van der Waals surface area contributed by atoms with Crippen molar-refractivity contribution < 1.29 is 0 Å². The summed E-state index contributed by atoms with van der Waals surface area (Å²) in [6.45, 7) is 2.28. The van der Waals surface area contributed by atoms with Gasteiger partial charge >= 0.3 is 0 Å². The van der Waals surface area contributed by atoms with E-state index >= 15 is 0 Å². The summed E-state index contributed by atoms with van der Waals surface area (Å²) in [5.74, 6) is 0.879. The Morgan fingerprint density at radius 1 is 0.556 bits per heavy atom. The summed E-state index contributed by atoms with van der Waals surface area (Å²) in [4.78, 5) is 11.1. The van der Waals surface area contributed by atoms with E-state index in [1.54, 1.807) is 0 Å². The normalized spacial score (nSPS) is 16.2. The van der Waals surface area contributed by atoms with Crippen LogP contribution in [-0.4, -0.2) is 16.1 Å². The lowest BCUT2D eigenvalue weighted by Crippen LogP contribution is -2.28. The minimum atomic E-state index is -0.146. The van der Waals surface area contributed by atoms with Crippen LogP contribution in [0.25, 0.3) is 69.2 Å². The molecule has 0 saturated carbocycles. The van der Waals surface area contributed by atoms with Gasteiger partial charge in [-0.1, -0.05) is 140 Å². The highest BCUT2D eigenvalue weighted by atomic mass is 32.1. The van der Waals surface area contributed by atoms with Crippen molar-refractivity contribution in [2.24, 2.45) is 15.9 Å². The number of benzene rings is 8. The van der Waals surface area contributed by atoms with Crippen molar-refractivity contribution in [1.82, 2.24) is 4.57 Å². The molecule has 0 saturated heterocycles. The van der Waals surface area contributed by atoms with Gasteiger partial charge in [-0.05, 0) is 75.5 Å². The van der Waals surface area contributed by atoms with Gasteiger partial charge in [-0.15, -0.1) is 11.3 Å². The van der Waals surface area contributed by atoms with Crippen LogP contribution in [0.2, 0.25) is 0 Å². The van der Waals surface area contributed by atoms with Gasteiger partial charge in [0.2, 0.25) is 0 Å². The van der Waals surface area contributed by atoms with Gasteiger partial charge in [0, 0.05) is 37.7 Å². The quantitative estimate of drug-likeness (QED) is 0.170. The highest BCUT2D eigenvalue weighted by Gasteiger charge is 2.33. The maximum atomic E-state index is 5.68. The van der Waals surface area contributed by atoms with Crippen molar-refractivity contribution in [3.63, 3.8) is 0 Å². The standard InChI is InChI=1S/C50H35N3S/c1-2-36-47(32-16-4-3-5-17-32)51-50(40-24-14-20-31-15-8-9-21-37(31)40)52-48(36)35-28-42-39-23-11-13-26-46(39)54-49(42)45(30-35)53-43-25-12-10-22-38(43)41-27-33-18-6-7-19-34(33)29-44(41)53/h3-30,36,48H,2H2,1H3. The Bertz CT molecular complexity index is 3160. The molecule has 1 aliphatic rings. The summed E-state index contributed by atoms with van der Waals surface area (Å²) >= 11 is 1.89. The van der Waals surface area contributed by atoms with Crippen molar-refractivity contribution >= 4 is 86.4 Å². The minimum absolute atomic E-state index is 0.0865. The first kappa shape index (κ1) is 31.2. The first-order chi connectivity index (χ1) is 26.7. The third-order valence-corrected chi connectivity index (χ3v) is 12.6. The summed E-state index contributed by atoms with van der Waals surface area (Å²) in [6.07, 6.45) is 0.907. The van der Waals surface area contributed by atoms with Gasteiger partial charge in [-0.3, -0.25) is 4.99 Å². The number of aliphatic imine (C=N–C) groups is 2. The lowest BCUT2D eigenvalue weighted by molar-refractivity contribution is 0.533. The fraction of sp³-hybridized carbons (Fsp3) is 0.0800. The van der Waals surface area contributed by atoms with Gasteiger partial charge in [0.25, 0.3) is 0 Å². The predicted octanol–water partition coefficient (Wildman–Crippen LogP) is 13.5. The molecule has 1 aliphatic heterocycles. The largest absolute Gasteiger partial charge is 0.308 e. The number of hydrogen-bond donors (Lipinski definition) is 0. The fourth-order valence-corrected chi connectivity index (χ4v) is 10.0. The average molecular weight is 710 g/mol. The van der Waals surface area contributed by atoms with Crippen LogP contribution in [0.3, 0.4) is 0 Å². The first-order valence-corrected chi connectivity index (χ1v) is 19.6. The van der Waals surface area contributed by atoms with E-state index in [4.69, 9.17) is 9.98 Å². The molecule has 4 heteroatoms. The van der Waals surface area contributed by atoms with Crippen LogP contribution < -0.4 is 0 Å². The number of aromatic nitrogens is 1. The number of amidine groups is 1. The summed E-state index contributed by atoms with van der Waals surface area (Å²) < 4.78 is 5.10.